The second kappa shape index (κ2) is 6.02. The monoisotopic (exact) mass is 264 g/mol. The van der Waals surface area contributed by atoms with Gasteiger partial charge in [-0.3, -0.25) is 4.90 Å². The van der Waals surface area contributed by atoms with Crippen LogP contribution in [0.25, 0.3) is 0 Å². The third-order valence-corrected chi connectivity index (χ3v) is 4.53. The van der Waals surface area contributed by atoms with Gasteiger partial charge in [-0.1, -0.05) is 32.0 Å². The lowest BCUT2D eigenvalue weighted by molar-refractivity contribution is 0.0412. The molecule has 1 aromatic rings. The van der Waals surface area contributed by atoms with E-state index in [1.54, 1.807) is 6.07 Å². The van der Waals surface area contributed by atoms with Crippen molar-refractivity contribution in [2.24, 2.45) is 17.6 Å². The molecule has 0 aliphatic carbocycles. The highest BCUT2D eigenvalue weighted by atomic mass is 19.1. The van der Waals surface area contributed by atoms with Gasteiger partial charge in [0.15, 0.2) is 0 Å². The summed E-state index contributed by atoms with van der Waals surface area (Å²) < 4.78 is 14.0. The maximum absolute atomic E-state index is 14.0. The summed E-state index contributed by atoms with van der Waals surface area (Å²) in [7, 11) is 0. The largest absolute Gasteiger partial charge is 0.329 e. The number of rotatable bonds is 3. The topological polar surface area (TPSA) is 29.3 Å². The van der Waals surface area contributed by atoms with E-state index in [-0.39, 0.29) is 11.9 Å². The number of hydrogen-bond donors (Lipinski definition) is 1. The van der Waals surface area contributed by atoms with E-state index in [9.17, 15) is 4.39 Å². The lowest BCUT2D eigenvalue weighted by Gasteiger charge is -2.45. The number of hydrogen-bond acceptors (Lipinski definition) is 2. The van der Waals surface area contributed by atoms with Crippen LogP contribution >= 0.6 is 0 Å². The molecule has 106 valence electrons. The van der Waals surface area contributed by atoms with Crippen molar-refractivity contribution >= 4 is 0 Å². The van der Waals surface area contributed by atoms with Gasteiger partial charge in [0.1, 0.15) is 5.82 Å². The summed E-state index contributed by atoms with van der Waals surface area (Å²) in [4.78, 5) is 2.39. The standard InChI is InChI=1S/C16H25FN2/c1-11-8-12(2)13(3)19(10-11)16(9-18)14-6-4-5-7-15(14)17/h4-7,11-13,16H,8-10,18H2,1-3H3. The minimum Gasteiger partial charge on any atom is -0.329 e. The van der Waals surface area contributed by atoms with Crippen molar-refractivity contribution in [3.8, 4) is 0 Å². The zero-order valence-electron chi connectivity index (χ0n) is 12.1. The molecule has 1 aliphatic heterocycles. The molecule has 1 saturated heterocycles. The van der Waals surface area contributed by atoms with Gasteiger partial charge in [-0.05, 0) is 31.2 Å². The van der Waals surface area contributed by atoms with Gasteiger partial charge in [0, 0.05) is 24.7 Å². The Morgan fingerprint density at radius 2 is 2.00 bits per heavy atom. The molecule has 4 unspecified atom stereocenters. The molecule has 1 heterocycles. The van der Waals surface area contributed by atoms with E-state index in [0.717, 1.165) is 12.1 Å². The summed E-state index contributed by atoms with van der Waals surface area (Å²) in [6.07, 6.45) is 1.24. The van der Waals surface area contributed by atoms with E-state index < -0.39 is 0 Å². The molecule has 0 saturated carbocycles. The summed E-state index contributed by atoms with van der Waals surface area (Å²) in [5.41, 5.74) is 6.68. The first-order valence-electron chi connectivity index (χ1n) is 7.24. The van der Waals surface area contributed by atoms with Crippen LogP contribution in [0, 0.1) is 17.7 Å². The maximum atomic E-state index is 14.0. The Morgan fingerprint density at radius 3 is 2.63 bits per heavy atom. The average Bonchev–Trinajstić information content (AvgIpc) is 2.38. The van der Waals surface area contributed by atoms with E-state index in [0.29, 0.717) is 24.4 Å². The minimum atomic E-state index is -0.143. The number of nitrogens with two attached hydrogens (primary N) is 1. The Hall–Kier alpha value is -0.930. The number of likely N-dealkylation sites (tertiary alicyclic amines) is 1. The first-order valence-corrected chi connectivity index (χ1v) is 7.24. The molecule has 4 atom stereocenters. The molecule has 1 fully saturated rings. The lowest BCUT2D eigenvalue weighted by atomic mass is 9.84. The van der Waals surface area contributed by atoms with E-state index in [4.69, 9.17) is 5.73 Å². The van der Waals surface area contributed by atoms with Crippen LogP contribution in [-0.2, 0) is 0 Å². The van der Waals surface area contributed by atoms with E-state index in [1.807, 2.05) is 12.1 Å². The van der Waals surface area contributed by atoms with Gasteiger partial charge < -0.3 is 5.73 Å². The van der Waals surface area contributed by atoms with Crippen LogP contribution in [0.3, 0.4) is 0 Å². The van der Waals surface area contributed by atoms with Crippen LogP contribution in [0.15, 0.2) is 24.3 Å². The zero-order valence-corrected chi connectivity index (χ0v) is 12.1. The third-order valence-electron chi connectivity index (χ3n) is 4.53. The fourth-order valence-corrected chi connectivity index (χ4v) is 3.36. The van der Waals surface area contributed by atoms with E-state index >= 15 is 0 Å². The van der Waals surface area contributed by atoms with Crippen molar-refractivity contribution in [3.05, 3.63) is 35.6 Å². The van der Waals surface area contributed by atoms with Crippen molar-refractivity contribution in [2.45, 2.75) is 39.3 Å². The van der Waals surface area contributed by atoms with Crippen molar-refractivity contribution in [2.75, 3.05) is 13.1 Å². The van der Waals surface area contributed by atoms with Crippen molar-refractivity contribution < 1.29 is 4.39 Å². The summed E-state index contributed by atoms with van der Waals surface area (Å²) in [6, 6.07) is 7.45. The Labute approximate surface area is 115 Å². The SMILES string of the molecule is CC1CC(C)C(C)N(C(CN)c2ccccc2F)C1. The van der Waals surface area contributed by atoms with E-state index in [1.165, 1.54) is 12.5 Å². The van der Waals surface area contributed by atoms with Crippen LogP contribution < -0.4 is 5.73 Å². The Bertz CT molecular complexity index is 421. The van der Waals surface area contributed by atoms with Crippen molar-refractivity contribution in [3.63, 3.8) is 0 Å². The second-order valence-electron chi connectivity index (χ2n) is 6.03. The predicted molar refractivity (Wildman–Crippen MR) is 77.3 cm³/mol. The smallest absolute Gasteiger partial charge is 0.128 e. The van der Waals surface area contributed by atoms with E-state index in [2.05, 4.69) is 25.7 Å². The molecule has 0 spiro atoms. The lowest BCUT2D eigenvalue weighted by Crippen LogP contribution is -2.49. The molecular formula is C16H25FN2. The fraction of sp³-hybridized carbons (Fsp3) is 0.625. The molecule has 19 heavy (non-hydrogen) atoms. The van der Waals surface area contributed by atoms with Gasteiger partial charge in [-0.25, -0.2) is 4.39 Å². The molecule has 1 aromatic carbocycles. The van der Waals surface area contributed by atoms with Crippen LogP contribution in [0.5, 0.6) is 0 Å². The van der Waals surface area contributed by atoms with Crippen LogP contribution in [0.2, 0.25) is 0 Å². The molecule has 2 rings (SSSR count). The predicted octanol–water partition coefficient (Wildman–Crippen LogP) is 3.19. The van der Waals surface area contributed by atoms with Gasteiger partial charge in [0.25, 0.3) is 0 Å². The highest BCUT2D eigenvalue weighted by molar-refractivity contribution is 5.22. The molecule has 0 aromatic heterocycles. The zero-order chi connectivity index (χ0) is 14.0. The van der Waals surface area contributed by atoms with Crippen LogP contribution in [-0.4, -0.2) is 24.0 Å². The highest BCUT2D eigenvalue weighted by Gasteiger charge is 2.34. The van der Waals surface area contributed by atoms with Gasteiger partial charge in [0.2, 0.25) is 0 Å². The fourth-order valence-electron chi connectivity index (χ4n) is 3.36. The number of piperidine rings is 1. The van der Waals surface area contributed by atoms with Crippen molar-refractivity contribution in [1.29, 1.82) is 0 Å². The Balaban J connectivity index is 2.28. The van der Waals surface area contributed by atoms with Gasteiger partial charge in [-0.15, -0.1) is 0 Å². The Kier molecular flexibility index (Phi) is 4.58. The molecule has 0 bridgehead atoms. The molecule has 2 N–H and O–H groups in total. The third kappa shape index (κ3) is 2.98. The number of nitrogens with zero attached hydrogens (tertiary/aromatic N) is 1. The first-order chi connectivity index (χ1) is 9.04. The summed E-state index contributed by atoms with van der Waals surface area (Å²) in [6.45, 7) is 8.25. The molecule has 0 radical (unpaired) electrons. The molecule has 3 heteroatoms. The summed E-state index contributed by atoms with van der Waals surface area (Å²) in [5, 5.41) is 0. The van der Waals surface area contributed by atoms with Crippen LogP contribution in [0.4, 0.5) is 4.39 Å². The summed E-state index contributed by atoms with van der Waals surface area (Å²) in [5.74, 6) is 1.13. The number of halogens is 1. The maximum Gasteiger partial charge on any atom is 0.128 e. The average molecular weight is 264 g/mol. The molecule has 2 nitrogen and oxygen atoms in total. The molecule has 1 aliphatic rings. The summed E-state index contributed by atoms with van der Waals surface area (Å²) >= 11 is 0. The normalized spacial score (nSPS) is 30.3. The number of benzene rings is 1. The Morgan fingerprint density at radius 1 is 1.32 bits per heavy atom. The molecule has 0 amide bonds. The second-order valence-corrected chi connectivity index (χ2v) is 6.03. The quantitative estimate of drug-likeness (QED) is 0.908. The van der Waals surface area contributed by atoms with Crippen molar-refractivity contribution in [1.82, 2.24) is 4.90 Å². The highest BCUT2D eigenvalue weighted by Crippen LogP contribution is 2.34. The van der Waals surface area contributed by atoms with Gasteiger partial charge in [-0.2, -0.15) is 0 Å². The van der Waals surface area contributed by atoms with Gasteiger partial charge in [0.05, 0.1) is 6.04 Å². The van der Waals surface area contributed by atoms with Gasteiger partial charge >= 0.3 is 0 Å². The van der Waals surface area contributed by atoms with Crippen LogP contribution in [0.1, 0.15) is 38.8 Å². The molecular weight excluding hydrogens is 239 g/mol. The first kappa shape index (κ1) is 14.5. The minimum absolute atomic E-state index is 0.0126.